The summed E-state index contributed by atoms with van der Waals surface area (Å²) < 4.78 is 29.8. The lowest BCUT2D eigenvalue weighted by atomic mass is 9.72. The number of hydrogen-bond acceptors (Lipinski definition) is 5. The van der Waals surface area contributed by atoms with Gasteiger partial charge in [0, 0.05) is 39.8 Å². The summed E-state index contributed by atoms with van der Waals surface area (Å²) >= 11 is 3.17. The van der Waals surface area contributed by atoms with Crippen LogP contribution in [0.25, 0.3) is 0 Å². The summed E-state index contributed by atoms with van der Waals surface area (Å²) in [5, 5.41) is 5.77. The van der Waals surface area contributed by atoms with Crippen LogP contribution >= 0.6 is 23.1 Å². The van der Waals surface area contributed by atoms with Crippen molar-refractivity contribution in [2.75, 3.05) is 11.6 Å². The molecule has 0 spiro atoms. The number of halogens is 2. The number of ketones is 1. The van der Waals surface area contributed by atoms with Crippen molar-refractivity contribution in [3.63, 3.8) is 0 Å². The maximum atomic E-state index is 14.4. The number of aryl methyl sites for hydroxylation is 1. The van der Waals surface area contributed by atoms with E-state index in [2.05, 4.69) is 10.6 Å². The molecular formula is C29H26F2N2O2S2. The van der Waals surface area contributed by atoms with Gasteiger partial charge in [-0.25, -0.2) is 8.78 Å². The molecule has 190 valence electrons. The predicted molar refractivity (Wildman–Crippen MR) is 145 cm³/mol. The van der Waals surface area contributed by atoms with Crippen molar-refractivity contribution in [1.29, 1.82) is 0 Å². The quantitative estimate of drug-likeness (QED) is 0.343. The first kappa shape index (κ1) is 25.4. The van der Waals surface area contributed by atoms with Crippen LogP contribution in [0, 0.1) is 18.6 Å². The van der Waals surface area contributed by atoms with E-state index in [4.69, 9.17) is 0 Å². The van der Waals surface area contributed by atoms with Gasteiger partial charge in [-0.05, 0) is 61.8 Å². The molecule has 1 aliphatic heterocycles. The summed E-state index contributed by atoms with van der Waals surface area (Å²) in [5.74, 6) is -2.99. The van der Waals surface area contributed by atoms with Gasteiger partial charge in [0.1, 0.15) is 17.3 Å². The molecule has 2 aliphatic rings. The summed E-state index contributed by atoms with van der Waals surface area (Å²) in [7, 11) is 0. The number of thiophene rings is 1. The van der Waals surface area contributed by atoms with Gasteiger partial charge in [0.25, 0.3) is 5.91 Å². The van der Waals surface area contributed by atoms with E-state index in [0.717, 1.165) is 38.0 Å². The molecule has 2 atom stereocenters. The van der Waals surface area contributed by atoms with E-state index in [1.165, 1.54) is 6.07 Å². The first-order valence-corrected chi connectivity index (χ1v) is 14.0. The fourth-order valence-electron chi connectivity index (χ4n) is 5.28. The first-order valence-electron chi connectivity index (χ1n) is 12.0. The molecule has 0 saturated heterocycles. The summed E-state index contributed by atoms with van der Waals surface area (Å²) in [5.41, 5.74) is 3.68. The molecule has 3 aromatic rings. The number of para-hydroxylation sites is 1. The highest BCUT2D eigenvalue weighted by molar-refractivity contribution is 8.00. The second-order valence-corrected chi connectivity index (χ2v) is 11.6. The highest BCUT2D eigenvalue weighted by atomic mass is 32.2. The highest BCUT2D eigenvalue weighted by Gasteiger charge is 2.42. The lowest BCUT2D eigenvalue weighted by Gasteiger charge is -2.37. The summed E-state index contributed by atoms with van der Waals surface area (Å²) in [6.45, 7) is 3.77. The Labute approximate surface area is 222 Å². The standard InChI is InChI=1S/C29H26F2N2O2S2/c1-15-12-19(29(36-3)37-15)25-24(28(35)33-27-20(30)10-7-11-21(27)31)16(2)32-22-13-18(14-23(34)26(22)25)17-8-5-4-6-9-17/h4-12,18,25,32H,13-14H2,1-3H3,(H,33,35). The zero-order valence-electron chi connectivity index (χ0n) is 20.7. The van der Waals surface area contributed by atoms with Crippen molar-refractivity contribution in [2.24, 2.45) is 0 Å². The Morgan fingerprint density at radius 2 is 1.76 bits per heavy atom. The average molecular weight is 537 g/mol. The second-order valence-electron chi connectivity index (χ2n) is 9.28. The van der Waals surface area contributed by atoms with Crippen molar-refractivity contribution in [1.82, 2.24) is 5.32 Å². The van der Waals surface area contributed by atoms with Gasteiger partial charge in [0.2, 0.25) is 0 Å². The fourth-order valence-corrected chi connectivity index (χ4v) is 7.20. The third-order valence-electron chi connectivity index (χ3n) is 6.89. The molecule has 8 heteroatoms. The SMILES string of the molecule is CSc1sc(C)cc1C1C(C(=O)Nc2c(F)cccc2F)=C(C)NC2=C1C(=O)CC(c1ccccc1)C2. The molecule has 0 radical (unpaired) electrons. The fraction of sp³-hybridized carbons (Fsp3) is 0.241. The first-order chi connectivity index (χ1) is 17.8. The maximum Gasteiger partial charge on any atom is 0.254 e. The Hall–Kier alpha value is -3.23. The van der Waals surface area contributed by atoms with Gasteiger partial charge in [0.05, 0.1) is 4.21 Å². The lowest BCUT2D eigenvalue weighted by molar-refractivity contribution is -0.116. The zero-order chi connectivity index (χ0) is 26.3. The molecule has 4 nitrogen and oxygen atoms in total. The topological polar surface area (TPSA) is 58.2 Å². The Balaban J connectivity index is 1.61. The predicted octanol–water partition coefficient (Wildman–Crippen LogP) is 7.06. The van der Waals surface area contributed by atoms with Crippen LogP contribution in [0.4, 0.5) is 14.5 Å². The van der Waals surface area contributed by atoms with E-state index in [9.17, 15) is 18.4 Å². The number of carbonyl (C=O) groups excluding carboxylic acids is 2. The number of thioether (sulfide) groups is 1. The molecule has 1 amide bonds. The largest absolute Gasteiger partial charge is 0.362 e. The van der Waals surface area contributed by atoms with E-state index in [1.54, 1.807) is 30.0 Å². The summed E-state index contributed by atoms with van der Waals surface area (Å²) in [6, 6.07) is 15.4. The lowest BCUT2D eigenvalue weighted by Crippen LogP contribution is -2.37. The van der Waals surface area contributed by atoms with Crippen LogP contribution < -0.4 is 10.6 Å². The molecule has 0 bridgehead atoms. The number of nitrogens with one attached hydrogen (secondary N) is 2. The van der Waals surface area contributed by atoms with Crippen LogP contribution in [0.3, 0.4) is 0 Å². The minimum atomic E-state index is -0.859. The number of Topliss-reactive ketones (excluding diaryl/α,β-unsaturated/α-hetero) is 1. The Morgan fingerprint density at radius 3 is 2.43 bits per heavy atom. The van der Waals surface area contributed by atoms with Crippen LogP contribution in [0.5, 0.6) is 0 Å². The Morgan fingerprint density at radius 1 is 1.05 bits per heavy atom. The van der Waals surface area contributed by atoms with Gasteiger partial charge in [-0.1, -0.05) is 36.4 Å². The van der Waals surface area contributed by atoms with Crippen LogP contribution in [-0.4, -0.2) is 17.9 Å². The van der Waals surface area contributed by atoms with Gasteiger partial charge in [-0.3, -0.25) is 9.59 Å². The molecule has 2 heterocycles. The van der Waals surface area contributed by atoms with Crippen molar-refractivity contribution in [3.8, 4) is 0 Å². The van der Waals surface area contributed by atoms with Crippen molar-refractivity contribution in [2.45, 2.75) is 42.7 Å². The number of hydrogen-bond donors (Lipinski definition) is 2. The minimum Gasteiger partial charge on any atom is -0.362 e. The van der Waals surface area contributed by atoms with Crippen molar-refractivity contribution in [3.05, 3.63) is 105 Å². The molecule has 2 aromatic carbocycles. The molecule has 2 unspecified atom stereocenters. The number of allylic oxidation sites excluding steroid dienone is 3. The van der Waals surface area contributed by atoms with Gasteiger partial charge in [0.15, 0.2) is 5.78 Å². The maximum absolute atomic E-state index is 14.4. The van der Waals surface area contributed by atoms with Crippen molar-refractivity contribution >= 4 is 40.5 Å². The summed E-state index contributed by atoms with van der Waals surface area (Å²) in [4.78, 5) is 28.5. The number of carbonyl (C=O) groups is 2. The van der Waals surface area contributed by atoms with Gasteiger partial charge in [-0.2, -0.15) is 0 Å². The number of dihydropyridines is 1. The molecule has 37 heavy (non-hydrogen) atoms. The van der Waals surface area contributed by atoms with Crippen LogP contribution in [0.1, 0.15) is 47.6 Å². The van der Waals surface area contributed by atoms with Crippen LogP contribution in [-0.2, 0) is 9.59 Å². The molecule has 5 rings (SSSR count). The minimum absolute atomic E-state index is 0.0283. The van der Waals surface area contributed by atoms with E-state index < -0.39 is 29.1 Å². The molecule has 2 N–H and O–H groups in total. The number of anilines is 1. The normalized spacial score (nSPS) is 19.5. The number of amides is 1. The van der Waals surface area contributed by atoms with E-state index in [0.29, 0.717) is 29.7 Å². The van der Waals surface area contributed by atoms with Crippen LogP contribution in [0.15, 0.2) is 81.3 Å². The van der Waals surface area contributed by atoms with E-state index in [-0.39, 0.29) is 11.7 Å². The number of rotatable bonds is 5. The second kappa shape index (κ2) is 10.3. The zero-order valence-corrected chi connectivity index (χ0v) is 22.3. The highest BCUT2D eigenvalue weighted by Crippen LogP contribution is 2.49. The van der Waals surface area contributed by atoms with E-state index in [1.807, 2.05) is 49.6 Å². The average Bonchev–Trinajstić information content (AvgIpc) is 3.26. The number of benzene rings is 2. The molecule has 1 aliphatic carbocycles. The van der Waals surface area contributed by atoms with Gasteiger partial charge < -0.3 is 10.6 Å². The molecule has 0 fully saturated rings. The van der Waals surface area contributed by atoms with E-state index >= 15 is 0 Å². The molecular weight excluding hydrogens is 510 g/mol. The monoisotopic (exact) mass is 536 g/mol. The van der Waals surface area contributed by atoms with Gasteiger partial charge >= 0.3 is 0 Å². The summed E-state index contributed by atoms with van der Waals surface area (Å²) in [6.07, 6.45) is 2.92. The Kier molecular flexibility index (Phi) is 7.05. The van der Waals surface area contributed by atoms with Gasteiger partial charge in [-0.15, -0.1) is 23.1 Å². The third-order valence-corrected chi connectivity index (χ3v) is 9.11. The third kappa shape index (κ3) is 4.76. The molecule has 0 saturated carbocycles. The smallest absolute Gasteiger partial charge is 0.254 e. The van der Waals surface area contributed by atoms with Crippen LogP contribution in [0.2, 0.25) is 0 Å². The molecule has 1 aromatic heterocycles. The van der Waals surface area contributed by atoms with Crippen molar-refractivity contribution < 1.29 is 18.4 Å². The Bertz CT molecular complexity index is 1440.